The Morgan fingerprint density at radius 2 is 1.94 bits per heavy atom. The highest BCUT2D eigenvalue weighted by atomic mass is 32.2. The minimum Gasteiger partial charge on any atom is -0.317 e. The van der Waals surface area contributed by atoms with Crippen LogP contribution in [0, 0.1) is 6.92 Å². The van der Waals surface area contributed by atoms with Crippen LogP contribution in [0.5, 0.6) is 0 Å². The predicted octanol–water partition coefficient (Wildman–Crippen LogP) is 0.117. The molecule has 0 saturated carbocycles. The molecule has 1 aliphatic heterocycles. The van der Waals surface area contributed by atoms with Crippen molar-refractivity contribution >= 4 is 21.4 Å². The molecule has 6 nitrogen and oxygen atoms in total. The molecule has 0 amide bonds. The second kappa shape index (κ2) is 5.12. The first-order valence-corrected chi connectivity index (χ1v) is 8.07. The van der Waals surface area contributed by atoms with E-state index in [0.717, 1.165) is 37.3 Å². The smallest absolute Gasteiger partial charge is 0.305 e. The standard InChI is InChI=1S/C10H17N3O3S2/c1-7-9(17-10(14)12-7)18(15,16)13(2)8-3-5-11-6-4-8/h8,11H,3-6H2,1-2H3,(H,12,14). The lowest BCUT2D eigenvalue weighted by atomic mass is 10.1. The van der Waals surface area contributed by atoms with Gasteiger partial charge in [0.05, 0.1) is 0 Å². The molecule has 102 valence electrons. The Balaban J connectivity index is 2.30. The highest BCUT2D eigenvalue weighted by Crippen LogP contribution is 2.24. The van der Waals surface area contributed by atoms with E-state index < -0.39 is 10.0 Å². The van der Waals surface area contributed by atoms with Crippen molar-refractivity contribution in [2.24, 2.45) is 0 Å². The fourth-order valence-electron chi connectivity index (χ4n) is 2.13. The normalized spacial score (nSPS) is 18.4. The number of piperidine rings is 1. The van der Waals surface area contributed by atoms with Gasteiger partial charge in [-0.15, -0.1) is 0 Å². The quantitative estimate of drug-likeness (QED) is 0.828. The van der Waals surface area contributed by atoms with Gasteiger partial charge >= 0.3 is 4.87 Å². The lowest BCUT2D eigenvalue weighted by Gasteiger charge is -2.30. The number of sulfonamides is 1. The Hall–Kier alpha value is -0.700. The van der Waals surface area contributed by atoms with Gasteiger partial charge in [0, 0.05) is 18.8 Å². The molecular formula is C10H17N3O3S2. The maximum absolute atomic E-state index is 12.4. The highest BCUT2D eigenvalue weighted by Gasteiger charge is 2.31. The molecule has 2 rings (SSSR count). The van der Waals surface area contributed by atoms with Crippen LogP contribution in [0.1, 0.15) is 18.5 Å². The molecule has 2 N–H and O–H groups in total. The molecule has 1 aromatic heterocycles. The van der Waals surface area contributed by atoms with Crippen LogP contribution in [0.2, 0.25) is 0 Å². The minimum absolute atomic E-state index is 0.00727. The second-order valence-corrected chi connectivity index (χ2v) is 7.61. The van der Waals surface area contributed by atoms with E-state index in [9.17, 15) is 13.2 Å². The summed E-state index contributed by atoms with van der Waals surface area (Å²) in [7, 11) is -1.96. The molecule has 1 aliphatic rings. The first-order chi connectivity index (χ1) is 8.43. The van der Waals surface area contributed by atoms with Gasteiger partial charge in [-0.1, -0.05) is 11.3 Å². The summed E-state index contributed by atoms with van der Waals surface area (Å²) in [6.07, 6.45) is 1.60. The van der Waals surface area contributed by atoms with Gasteiger partial charge < -0.3 is 10.3 Å². The van der Waals surface area contributed by atoms with E-state index in [-0.39, 0.29) is 15.1 Å². The van der Waals surface area contributed by atoms with Crippen LogP contribution in [0.25, 0.3) is 0 Å². The Labute approximate surface area is 110 Å². The fourth-order valence-corrected chi connectivity index (χ4v) is 5.01. The van der Waals surface area contributed by atoms with Crippen LogP contribution < -0.4 is 10.2 Å². The number of aryl methyl sites for hydroxylation is 1. The highest BCUT2D eigenvalue weighted by molar-refractivity contribution is 7.91. The maximum Gasteiger partial charge on any atom is 0.305 e. The molecule has 0 bridgehead atoms. The monoisotopic (exact) mass is 291 g/mol. The van der Waals surface area contributed by atoms with Gasteiger partial charge in [-0.3, -0.25) is 4.79 Å². The van der Waals surface area contributed by atoms with Crippen LogP contribution in [0.3, 0.4) is 0 Å². The van der Waals surface area contributed by atoms with Gasteiger partial charge in [0.2, 0.25) is 0 Å². The Bertz CT molecular complexity index is 569. The zero-order valence-electron chi connectivity index (χ0n) is 10.4. The molecule has 0 unspecified atom stereocenters. The van der Waals surface area contributed by atoms with E-state index in [1.165, 1.54) is 4.31 Å². The summed E-state index contributed by atoms with van der Waals surface area (Å²) in [4.78, 5) is 13.4. The van der Waals surface area contributed by atoms with Crippen molar-refractivity contribution in [2.75, 3.05) is 20.1 Å². The Kier molecular flexibility index (Phi) is 3.90. The third-order valence-electron chi connectivity index (χ3n) is 3.22. The fraction of sp³-hybridized carbons (Fsp3) is 0.700. The van der Waals surface area contributed by atoms with Crippen LogP contribution >= 0.6 is 11.3 Å². The summed E-state index contributed by atoms with van der Waals surface area (Å²) in [5, 5.41) is 3.20. The second-order valence-electron chi connectivity index (χ2n) is 4.43. The molecule has 0 spiro atoms. The number of thiazole rings is 1. The van der Waals surface area contributed by atoms with Crippen LogP contribution in [-0.2, 0) is 10.0 Å². The predicted molar refractivity (Wildman–Crippen MR) is 70.5 cm³/mol. The van der Waals surface area contributed by atoms with E-state index in [1.807, 2.05) is 0 Å². The average molecular weight is 291 g/mol. The van der Waals surface area contributed by atoms with E-state index in [2.05, 4.69) is 10.3 Å². The first-order valence-electron chi connectivity index (χ1n) is 5.81. The van der Waals surface area contributed by atoms with Gasteiger partial charge in [0.15, 0.2) is 4.21 Å². The molecule has 1 fully saturated rings. The molecular weight excluding hydrogens is 274 g/mol. The number of aromatic amines is 1. The first kappa shape index (κ1) is 13.7. The van der Waals surface area contributed by atoms with Gasteiger partial charge in [-0.25, -0.2) is 8.42 Å². The molecule has 0 aliphatic carbocycles. The molecule has 0 aromatic carbocycles. The summed E-state index contributed by atoms with van der Waals surface area (Å²) >= 11 is 0.757. The SMILES string of the molecule is Cc1[nH]c(=O)sc1S(=O)(=O)N(C)C1CCNCC1. The summed E-state index contributed by atoms with van der Waals surface area (Å²) in [5.41, 5.74) is 0.422. The summed E-state index contributed by atoms with van der Waals surface area (Å²) in [6.45, 7) is 3.26. The maximum atomic E-state index is 12.4. The molecule has 0 radical (unpaired) electrons. The van der Waals surface area contributed by atoms with Crippen molar-refractivity contribution in [3.05, 3.63) is 15.4 Å². The number of hydrogen-bond acceptors (Lipinski definition) is 5. The van der Waals surface area contributed by atoms with Crippen LogP contribution in [0.15, 0.2) is 9.00 Å². The molecule has 8 heteroatoms. The molecule has 1 saturated heterocycles. The van der Waals surface area contributed by atoms with E-state index in [4.69, 9.17) is 0 Å². The number of nitrogens with one attached hydrogen (secondary N) is 2. The molecule has 0 atom stereocenters. The van der Waals surface area contributed by atoms with Crippen molar-refractivity contribution in [3.63, 3.8) is 0 Å². The number of hydrogen-bond donors (Lipinski definition) is 2. The average Bonchev–Trinajstić information content (AvgIpc) is 2.69. The van der Waals surface area contributed by atoms with Crippen LogP contribution in [-0.4, -0.2) is 43.9 Å². The molecule has 18 heavy (non-hydrogen) atoms. The zero-order chi connectivity index (χ0) is 13.3. The lowest BCUT2D eigenvalue weighted by molar-refractivity contribution is 0.297. The Morgan fingerprint density at radius 3 is 2.44 bits per heavy atom. The van der Waals surface area contributed by atoms with Gasteiger partial charge in [-0.05, 0) is 32.9 Å². The van der Waals surface area contributed by atoms with E-state index in [1.54, 1.807) is 14.0 Å². The zero-order valence-corrected chi connectivity index (χ0v) is 12.0. The number of nitrogens with zero attached hydrogens (tertiary/aromatic N) is 1. The number of H-pyrrole nitrogens is 1. The van der Waals surface area contributed by atoms with E-state index >= 15 is 0 Å². The van der Waals surface area contributed by atoms with Crippen molar-refractivity contribution in [2.45, 2.75) is 30.0 Å². The lowest BCUT2D eigenvalue weighted by Crippen LogP contribution is -2.43. The molecule has 2 heterocycles. The van der Waals surface area contributed by atoms with Gasteiger partial charge in [0.1, 0.15) is 0 Å². The van der Waals surface area contributed by atoms with Crippen molar-refractivity contribution in [3.8, 4) is 0 Å². The van der Waals surface area contributed by atoms with Gasteiger partial charge in [-0.2, -0.15) is 4.31 Å². The molecule has 1 aromatic rings. The van der Waals surface area contributed by atoms with Gasteiger partial charge in [0.25, 0.3) is 10.0 Å². The summed E-state index contributed by atoms with van der Waals surface area (Å²) < 4.78 is 26.4. The number of aromatic nitrogens is 1. The third kappa shape index (κ3) is 2.51. The van der Waals surface area contributed by atoms with Crippen molar-refractivity contribution in [1.82, 2.24) is 14.6 Å². The van der Waals surface area contributed by atoms with Crippen molar-refractivity contribution in [1.29, 1.82) is 0 Å². The number of rotatable bonds is 3. The topological polar surface area (TPSA) is 82.3 Å². The third-order valence-corrected chi connectivity index (χ3v) is 6.71. The largest absolute Gasteiger partial charge is 0.317 e. The van der Waals surface area contributed by atoms with E-state index in [0.29, 0.717) is 5.69 Å². The Morgan fingerprint density at radius 1 is 1.33 bits per heavy atom. The van der Waals surface area contributed by atoms with Crippen LogP contribution in [0.4, 0.5) is 0 Å². The summed E-state index contributed by atoms with van der Waals surface area (Å²) in [5.74, 6) is 0. The van der Waals surface area contributed by atoms with Crippen molar-refractivity contribution < 1.29 is 8.42 Å². The minimum atomic E-state index is -3.56. The summed E-state index contributed by atoms with van der Waals surface area (Å²) in [6, 6.07) is 0.00727.